The van der Waals surface area contributed by atoms with Crippen molar-refractivity contribution in [3.05, 3.63) is 82.9 Å². The number of benzene rings is 3. The van der Waals surface area contributed by atoms with E-state index in [-0.39, 0.29) is 28.7 Å². The molecule has 1 amide bonds. The first-order valence-corrected chi connectivity index (χ1v) is 12.0. The maximum absolute atomic E-state index is 13.0. The third-order valence-electron chi connectivity index (χ3n) is 4.86. The van der Waals surface area contributed by atoms with Crippen molar-refractivity contribution in [1.82, 2.24) is 4.90 Å². The van der Waals surface area contributed by atoms with Crippen LogP contribution < -0.4 is 14.2 Å². The van der Waals surface area contributed by atoms with Gasteiger partial charge in [0, 0.05) is 23.3 Å². The maximum Gasteiger partial charge on any atom is 0.265 e. The molecule has 0 spiro atoms. The lowest BCUT2D eigenvalue weighted by molar-refractivity contribution is 0.0773. The zero-order valence-electron chi connectivity index (χ0n) is 18.5. The lowest BCUT2D eigenvalue weighted by Gasteiger charge is -2.19. The van der Waals surface area contributed by atoms with Gasteiger partial charge in [-0.05, 0) is 61.5 Å². The molecule has 0 atom stereocenters. The van der Waals surface area contributed by atoms with Gasteiger partial charge in [0.1, 0.15) is 23.0 Å². The molecule has 0 aliphatic rings. The predicted octanol–water partition coefficient (Wildman–Crippen LogP) is 4.61. The van der Waals surface area contributed by atoms with Gasteiger partial charge in [0.15, 0.2) is 0 Å². The number of amides is 1. The number of hydrogen-bond acceptors (Lipinski definition) is 5. The number of anilines is 1. The summed E-state index contributed by atoms with van der Waals surface area (Å²) in [5.41, 5.74) is 1.64. The van der Waals surface area contributed by atoms with Crippen molar-refractivity contribution < 1.29 is 22.7 Å². The van der Waals surface area contributed by atoms with Crippen molar-refractivity contribution in [2.45, 2.75) is 11.8 Å². The van der Waals surface area contributed by atoms with Crippen molar-refractivity contribution in [2.75, 3.05) is 32.0 Å². The van der Waals surface area contributed by atoms with Crippen LogP contribution in [0.25, 0.3) is 0 Å². The second-order valence-corrected chi connectivity index (χ2v) is 9.45. The van der Waals surface area contributed by atoms with Gasteiger partial charge >= 0.3 is 0 Å². The SMILES string of the molecule is COc1ccc(C(=O)N(C)CCOc2ccc(Cl)cc2)cc1S(=O)(=O)Nc1ccc(C)cc1. The van der Waals surface area contributed by atoms with Gasteiger partial charge in [-0.3, -0.25) is 9.52 Å². The minimum absolute atomic E-state index is 0.123. The molecule has 0 saturated carbocycles. The molecule has 0 aliphatic carbocycles. The Morgan fingerprint density at radius 1 is 1.03 bits per heavy atom. The highest BCUT2D eigenvalue weighted by Gasteiger charge is 2.23. The van der Waals surface area contributed by atoms with Gasteiger partial charge in [-0.1, -0.05) is 29.3 Å². The Bertz CT molecular complexity index is 1210. The van der Waals surface area contributed by atoms with Crippen molar-refractivity contribution in [1.29, 1.82) is 0 Å². The number of hydrogen-bond donors (Lipinski definition) is 1. The van der Waals surface area contributed by atoms with Gasteiger partial charge in [-0.2, -0.15) is 0 Å². The summed E-state index contributed by atoms with van der Waals surface area (Å²) in [5.74, 6) is 0.435. The fourth-order valence-electron chi connectivity index (χ4n) is 3.00. The molecular formula is C24H25ClN2O5S. The van der Waals surface area contributed by atoms with E-state index >= 15 is 0 Å². The summed E-state index contributed by atoms with van der Waals surface area (Å²) in [6, 6.07) is 18.2. The largest absolute Gasteiger partial charge is 0.495 e. The minimum Gasteiger partial charge on any atom is -0.495 e. The zero-order chi connectivity index (χ0) is 24.0. The molecule has 0 bridgehead atoms. The van der Waals surface area contributed by atoms with Crippen LogP contribution in [0, 0.1) is 6.92 Å². The fraction of sp³-hybridized carbons (Fsp3) is 0.208. The second-order valence-electron chi connectivity index (χ2n) is 7.37. The highest BCUT2D eigenvalue weighted by molar-refractivity contribution is 7.92. The fourth-order valence-corrected chi connectivity index (χ4v) is 4.39. The average Bonchev–Trinajstić information content (AvgIpc) is 2.80. The molecule has 0 unspecified atom stereocenters. The van der Waals surface area contributed by atoms with Crippen LogP contribution in [0.15, 0.2) is 71.6 Å². The van der Waals surface area contributed by atoms with E-state index in [0.717, 1.165) is 5.56 Å². The van der Waals surface area contributed by atoms with Gasteiger partial charge in [-0.25, -0.2) is 8.42 Å². The van der Waals surface area contributed by atoms with Crippen LogP contribution in [0.2, 0.25) is 5.02 Å². The van der Waals surface area contributed by atoms with Crippen LogP contribution in [-0.4, -0.2) is 46.5 Å². The standard InChI is InChI=1S/C24H25ClN2O5S/c1-17-4-9-20(10-5-17)26-33(29,30)23-16-18(6-13-22(23)31-3)24(28)27(2)14-15-32-21-11-7-19(25)8-12-21/h4-13,16,26H,14-15H2,1-3H3. The van der Waals surface area contributed by atoms with Gasteiger partial charge in [-0.15, -0.1) is 0 Å². The van der Waals surface area contributed by atoms with Crippen molar-refractivity contribution in [2.24, 2.45) is 0 Å². The van der Waals surface area contributed by atoms with Crippen molar-refractivity contribution in [3.8, 4) is 11.5 Å². The van der Waals surface area contributed by atoms with Gasteiger partial charge in [0.25, 0.3) is 15.9 Å². The summed E-state index contributed by atoms with van der Waals surface area (Å²) >= 11 is 5.86. The maximum atomic E-state index is 13.0. The third-order valence-corrected chi connectivity index (χ3v) is 6.51. The molecule has 0 fully saturated rings. The lowest BCUT2D eigenvalue weighted by atomic mass is 10.2. The van der Waals surface area contributed by atoms with Crippen LogP contribution in [0.4, 0.5) is 5.69 Å². The van der Waals surface area contributed by atoms with Crippen molar-refractivity contribution >= 4 is 33.2 Å². The second kappa shape index (κ2) is 10.6. The molecule has 0 radical (unpaired) electrons. The molecule has 33 heavy (non-hydrogen) atoms. The summed E-state index contributed by atoms with van der Waals surface area (Å²) in [5, 5.41) is 0.608. The Morgan fingerprint density at radius 3 is 2.33 bits per heavy atom. The molecule has 3 rings (SSSR count). The molecule has 7 nitrogen and oxygen atoms in total. The number of sulfonamides is 1. The Kier molecular flexibility index (Phi) is 7.84. The van der Waals surface area contributed by atoms with Crippen LogP contribution in [-0.2, 0) is 10.0 Å². The first kappa shape index (κ1) is 24.4. The molecule has 174 valence electrons. The highest BCUT2D eigenvalue weighted by Crippen LogP contribution is 2.27. The molecule has 0 heterocycles. The van der Waals surface area contributed by atoms with E-state index in [2.05, 4.69) is 4.72 Å². The number of aryl methyl sites for hydroxylation is 1. The quantitative estimate of drug-likeness (QED) is 0.475. The normalized spacial score (nSPS) is 11.0. The molecule has 0 aromatic heterocycles. The molecule has 0 aliphatic heterocycles. The van der Waals surface area contributed by atoms with Gasteiger partial charge in [0.05, 0.1) is 13.7 Å². The molecular weight excluding hydrogens is 464 g/mol. The first-order chi connectivity index (χ1) is 15.7. The van der Waals surface area contributed by atoms with E-state index in [1.165, 1.54) is 30.2 Å². The number of carbonyl (C=O) groups excluding carboxylic acids is 1. The number of ether oxygens (including phenoxy) is 2. The molecule has 3 aromatic carbocycles. The zero-order valence-corrected chi connectivity index (χ0v) is 20.1. The molecule has 1 N–H and O–H groups in total. The smallest absolute Gasteiger partial charge is 0.265 e. The third kappa shape index (κ3) is 6.40. The predicted molar refractivity (Wildman–Crippen MR) is 129 cm³/mol. The van der Waals surface area contributed by atoms with Crippen LogP contribution >= 0.6 is 11.6 Å². The van der Waals surface area contributed by atoms with E-state index in [1.54, 1.807) is 55.6 Å². The molecule has 0 saturated heterocycles. The van der Waals surface area contributed by atoms with E-state index in [9.17, 15) is 13.2 Å². The Labute approximate surface area is 198 Å². The number of nitrogens with zero attached hydrogens (tertiary/aromatic N) is 1. The number of likely N-dealkylation sites (N-methyl/N-ethyl adjacent to an activating group) is 1. The molecule has 9 heteroatoms. The number of halogens is 1. The van der Waals surface area contributed by atoms with Crippen LogP contribution in [0.5, 0.6) is 11.5 Å². The van der Waals surface area contributed by atoms with E-state index in [1.807, 2.05) is 6.92 Å². The number of nitrogens with one attached hydrogen (secondary N) is 1. The molecule has 3 aromatic rings. The minimum atomic E-state index is -3.99. The monoisotopic (exact) mass is 488 g/mol. The summed E-state index contributed by atoms with van der Waals surface area (Å²) in [4.78, 5) is 14.2. The van der Waals surface area contributed by atoms with Crippen molar-refractivity contribution in [3.63, 3.8) is 0 Å². The van der Waals surface area contributed by atoms with Crippen LogP contribution in [0.1, 0.15) is 15.9 Å². The average molecular weight is 489 g/mol. The number of rotatable bonds is 9. The lowest BCUT2D eigenvalue weighted by Crippen LogP contribution is -2.31. The van der Waals surface area contributed by atoms with E-state index in [0.29, 0.717) is 23.0 Å². The topological polar surface area (TPSA) is 84.9 Å². The van der Waals surface area contributed by atoms with E-state index < -0.39 is 10.0 Å². The first-order valence-electron chi connectivity index (χ1n) is 10.1. The summed E-state index contributed by atoms with van der Waals surface area (Å²) < 4.78 is 39.4. The van der Waals surface area contributed by atoms with Gasteiger partial charge in [0.2, 0.25) is 0 Å². The summed E-state index contributed by atoms with van der Waals surface area (Å²) in [7, 11) is -0.990. The highest BCUT2D eigenvalue weighted by atomic mass is 35.5. The van der Waals surface area contributed by atoms with Gasteiger partial charge < -0.3 is 14.4 Å². The summed E-state index contributed by atoms with van der Waals surface area (Å²) in [6.45, 7) is 2.48. The number of carbonyl (C=O) groups is 1. The summed E-state index contributed by atoms with van der Waals surface area (Å²) in [6.07, 6.45) is 0. The number of methoxy groups -OCH3 is 1. The Hall–Kier alpha value is -3.23. The Morgan fingerprint density at radius 2 is 1.70 bits per heavy atom. The van der Waals surface area contributed by atoms with E-state index in [4.69, 9.17) is 21.1 Å². The van der Waals surface area contributed by atoms with Crippen LogP contribution in [0.3, 0.4) is 0 Å². The Balaban J connectivity index is 1.73.